The molecule has 206 valence electrons. The summed E-state index contributed by atoms with van der Waals surface area (Å²) in [5.74, 6) is 3.42. The molecule has 2 aromatic carbocycles. The number of aliphatic hydroxyl groups is 1. The van der Waals surface area contributed by atoms with Crippen molar-refractivity contribution in [3.8, 4) is 23.0 Å². The van der Waals surface area contributed by atoms with Crippen LogP contribution in [0.4, 0.5) is 5.82 Å². The first-order valence-electron chi connectivity index (χ1n) is 13.0. The Labute approximate surface area is 227 Å². The molecule has 5 rings (SSSR count). The number of fused-ring (bicyclic) bond motifs is 1. The van der Waals surface area contributed by atoms with Gasteiger partial charge in [-0.05, 0) is 37.1 Å². The van der Waals surface area contributed by atoms with Crippen molar-refractivity contribution in [2.45, 2.75) is 50.9 Å². The molecule has 2 atom stereocenters. The van der Waals surface area contributed by atoms with E-state index in [1.807, 2.05) is 36.4 Å². The Morgan fingerprint density at radius 1 is 0.846 bits per heavy atom. The van der Waals surface area contributed by atoms with Crippen molar-refractivity contribution < 1.29 is 24.1 Å². The molecule has 4 aromatic rings. The average Bonchev–Trinajstić information content (AvgIpc) is 3.41. The Kier molecular flexibility index (Phi) is 7.97. The molecule has 2 heterocycles. The van der Waals surface area contributed by atoms with E-state index in [-0.39, 0.29) is 6.04 Å². The quantitative estimate of drug-likeness (QED) is 0.321. The summed E-state index contributed by atoms with van der Waals surface area (Å²) in [6.45, 7) is 0.904. The predicted molar refractivity (Wildman–Crippen MR) is 146 cm³/mol. The molecular weight excluding hydrogens is 500 g/mol. The first-order valence-corrected chi connectivity index (χ1v) is 13.0. The van der Waals surface area contributed by atoms with E-state index in [0.717, 1.165) is 36.8 Å². The molecule has 1 aliphatic carbocycles. The summed E-state index contributed by atoms with van der Waals surface area (Å²) in [5.41, 5.74) is 3.04. The van der Waals surface area contributed by atoms with Gasteiger partial charge in [-0.2, -0.15) is 0 Å². The minimum Gasteiger partial charge on any atom is -0.497 e. The third-order valence-electron chi connectivity index (χ3n) is 7.26. The number of benzene rings is 2. The molecular formula is C28H34N6O5. The molecule has 11 heteroatoms. The molecule has 1 saturated carbocycles. The number of ether oxygens (including phenoxy) is 4. The van der Waals surface area contributed by atoms with E-state index in [2.05, 4.69) is 25.2 Å². The van der Waals surface area contributed by atoms with Crippen LogP contribution < -0.4 is 23.8 Å². The Bertz CT molecular complexity index is 1370. The summed E-state index contributed by atoms with van der Waals surface area (Å²) in [4.78, 5) is 11.3. The van der Waals surface area contributed by atoms with E-state index in [1.54, 1.807) is 33.1 Å². The number of nitrogens with zero attached hydrogens (tertiary/aromatic N) is 6. The second-order valence-electron chi connectivity index (χ2n) is 9.53. The molecule has 0 saturated heterocycles. The lowest BCUT2D eigenvalue weighted by molar-refractivity contribution is 0.0703. The Morgan fingerprint density at radius 2 is 1.46 bits per heavy atom. The van der Waals surface area contributed by atoms with Crippen LogP contribution in [0.1, 0.15) is 42.9 Å². The standard InChI is InChI=1S/C28H34N6O5/c1-36-20-11-9-18(24(13-20)38-3)15-33(16-19-10-12-21(37-2)14-25(19)39-4)27-26-28(30-17-29-27)34(32-31-26)22-7-5-6-8-23(22)35/h9-14,17,22-23,35H,5-8,15-16H2,1-4H3/t22-,23-/m1/s1. The predicted octanol–water partition coefficient (Wildman–Crippen LogP) is 3.94. The van der Waals surface area contributed by atoms with E-state index < -0.39 is 6.10 Å². The number of aromatic nitrogens is 5. The number of anilines is 1. The van der Waals surface area contributed by atoms with Gasteiger partial charge in [0.05, 0.1) is 40.6 Å². The van der Waals surface area contributed by atoms with Gasteiger partial charge in [0, 0.05) is 36.3 Å². The van der Waals surface area contributed by atoms with Gasteiger partial charge < -0.3 is 29.0 Å². The highest BCUT2D eigenvalue weighted by Crippen LogP contribution is 2.34. The maximum atomic E-state index is 10.7. The summed E-state index contributed by atoms with van der Waals surface area (Å²) >= 11 is 0. The fourth-order valence-corrected chi connectivity index (χ4v) is 5.17. The van der Waals surface area contributed by atoms with Gasteiger partial charge in [-0.25, -0.2) is 14.6 Å². The van der Waals surface area contributed by atoms with E-state index in [4.69, 9.17) is 18.9 Å². The zero-order chi connectivity index (χ0) is 27.4. The zero-order valence-corrected chi connectivity index (χ0v) is 22.7. The SMILES string of the molecule is COc1ccc(CN(Cc2ccc(OC)cc2OC)c2ncnc3c2nnn3[C@@H]2CCCC[C@H]2O)c(OC)c1. The largest absolute Gasteiger partial charge is 0.497 e. The van der Waals surface area contributed by atoms with Gasteiger partial charge in [-0.15, -0.1) is 5.10 Å². The molecule has 1 fully saturated rings. The minimum absolute atomic E-state index is 0.164. The van der Waals surface area contributed by atoms with Crippen LogP contribution in [0, 0.1) is 0 Å². The summed E-state index contributed by atoms with van der Waals surface area (Å²) in [6, 6.07) is 11.3. The molecule has 0 radical (unpaired) electrons. The topological polar surface area (TPSA) is 117 Å². The van der Waals surface area contributed by atoms with E-state index >= 15 is 0 Å². The molecule has 39 heavy (non-hydrogen) atoms. The zero-order valence-electron chi connectivity index (χ0n) is 22.7. The van der Waals surface area contributed by atoms with Gasteiger partial charge in [0.1, 0.15) is 29.3 Å². The van der Waals surface area contributed by atoms with Crippen molar-refractivity contribution in [3.63, 3.8) is 0 Å². The highest BCUT2D eigenvalue weighted by molar-refractivity contribution is 5.82. The van der Waals surface area contributed by atoms with Gasteiger partial charge in [0.15, 0.2) is 17.0 Å². The van der Waals surface area contributed by atoms with Gasteiger partial charge in [-0.3, -0.25) is 0 Å². The van der Waals surface area contributed by atoms with Crippen LogP contribution >= 0.6 is 0 Å². The fourth-order valence-electron chi connectivity index (χ4n) is 5.17. The Hall–Kier alpha value is -4.12. The van der Waals surface area contributed by atoms with Crippen molar-refractivity contribution in [1.82, 2.24) is 25.0 Å². The summed E-state index contributed by atoms with van der Waals surface area (Å²) in [6.07, 6.45) is 4.65. The Balaban J connectivity index is 1.59. The summed E-state index contributed by atoms with van der Waals surface area (Å²) in [5, 5.41) is 19.6. The third-order valence-corrected chi connectivity index (χ3v) is 7.26. The van der Waals surface area contributed by atoms with Crippen LogP contribution in [0.15, 0.2) is 42.7 Å². The monoisotopic (exact) mass is 534 g/mol. The number of aliphatic hydroxyl groups excluding tert-OH is 1. The van der Waals surface area contributed by atoms with Gasteiger partial charge in [0.25, 0.3) is 0 Å². The number of hydrogen-bond acceptors (Lipinski definition) is 10. The van der Waals surface area contributed by atoms with Crippen molar-refractivity contribution in [2.75, 3.05) is 33.3 Å². The van der Waals surface area contributed by atoms with E-state index in [9.17, 15) is 5.11 Å². The van der Waals surface area contributed by atoms with Crippen LogP contribution in [-0.4, -0.2) is 64.6 Å². The molecule has 0 spiro atoms. The van der Waals surface area contributed by atoms with Gasteiger partial charge in [-0.1, -0.05) is 18.1 Å². The van der Waals surface area contributed by atoms with Crippen molar-refractivity contribution in [3.05, 3.63) is 53.9 Å². The first-order chi connectivity index (χ1) is 19.1. The van der Waals surface area contributed by atoms with Crippen LogP contribution in [0.5, 0.6) is 23.0 Å². The average molecular weight is 535 g/mol. The van der Waals surface area contributed by atoms with Crippen LogP contribution in [0.25, 0.3) is 11.2 Å². The van der Waals surface area contributed by atoms with Crippen LogP contribution in [0.2, 0.25) is 0 Å². The Morgan fingerprint density at radius 3 is 2.03 bits per heavy atom. The highest BCUT2D eigenvalue weighted by atomic mass is 16.5. The lowest BCUT2D eigenvalue weighted by Gasteiger charge is -2.28. The fraction of sp³-hybridized carbons (Fsp3) is 0.429. The van der Waals surface area contributed by atoms with Crippen molar-refractivity contribution >= 4 is 17.0 Å². The lowest BCUT2D eigenvalue weighted by atomic mass is 9.93. The van der Waals surface area contributed by atoms with E-state index in [1.165, 1.54) is 6.33 Å². The lowest BCUT2D eigenvalue weighted by Crippen LogP contribution is -2.28. The minimum atomic E-state index is -0.481. The molecule has 0 amide bonds. The summed E-state index contributed by atoms with van der Waals surface area (Å²) < 4.78 is 23.9. The molecule has 1 N–H and O–H groups in total. The second kappa shape index (κ2) is 11.7. The van der Waals surface area contributed by atoms with Crippen LogP contribution in [-0.2, 0) is 13.1 Å². The van der Waals surface area contributed by atoms with E-state index in [0.29, 0.717) is 53.1 Å². The molecule has 0 unspecified atom stereocenters. The van der Waals surface area contributed by atoms with Gasteiger partial charge >= 0.3 is 0 Å². The first kappa shape index (κ1) is 26.5. The second-order valence-corrected chi connectivity index (χ2v) is 9.53. The number of hydrogen-bond donors (Lipinski definition) is 1. The number of methoxy groups -OCH3 is 4. The maximum absolute atomic E-state index is 10.7. The third kappa shape index (κ3) is 5.40. The molecule has 2 aromatic heterocycles. The summed E-state index contributed by atoms with van der Waals surface area (Å²) in [7, 11) is 6.53. The smallest absolute Gasteiger partial charge is 0.184 e. The molecule has 1 aliphatic rings. The normalized spacial score (nSPS) is 17.2. The highest BCUT2D eigenvalue weighted by Gasteiger charge is 2.29. The van der Waals surface area contributed by atoms with Gasteiger partial charge in [0.2, 0.25) is 0 Å². The molecule has 11 nitrogen and oxygen atoms in total. The molecule has 0 aliphatic heterocycles. The van der Waals surface area contributed by atoms with Crippen molar-refractivity contribution in [2.24, 2.45) is 0 Å². The maximum Gasteiger partial charge on any atom is 0.184 e. The van der Waals surface area contributed by atoms with Crippen molar-refractivity contribution in [1.29, 1.82) is 0 Å². The number of rotatable bonds is 10. The van der Waals surface area contributed by atoms with Crippen LogP contribution in [0.3, 0.4) is 0 Å². The molecule has 0 bridgehead atoms.